The summed E-state index contributed by atoms with van der Waals surface area (Å²) in [6.45, 7) is 8.23. The topological polar surface area (TPSA) is 20.3 Å². The van der Waals surface area contributed by atoms with Crippen molar-refractivity contribution in [3.63, 3.8) is 0 Å². The molecule has 0 aromatic heterocycles. The fourth-order valence-corrected chi connectivity index (χ4v) is 2.84. The lowest BCUT2D eigenvalue weighted by Crippen LogP contribution is -2.20. The molecule has 1 fully saturated rings. The van der Waals surface area contributed by atoms with E-state index in [0.717, 1.165) is 25.9 Å². The molecule has 98 valence electrons. The zero-order chi connectivity index (χ0) is 13.1. The van der Waals surface area contributed by atoms with Crippen LogP contribution in [-0.2, 0) is 4.79 Å². The second kappa shape index (κ2) is 5.55. The summed E-state index contributed by atoms with van der Waals surface area (Å²) < 4.78 is 0. The Hall–Kier alpha value is -1.31. The molecule has 1 heterocycles. The number of hydrogen-bond acceptors (Lipinski definition) is 2. The first-order valence-electron chi connectivity index (χ1n) is 6.87. The number of nitrogens with zero attached hydrogens (tertiary/aromatic N) is 1. The molecule has 0 bridgehead atoms. The third-order valence-electron chi connectivity index (χ3n) is 3.76. The van der Waals surface area contributed by atoms with Crippen molar-refractivity contribution in [2.24, 2.45) is 5.92 Å². The van der Waals surface area contributed by atoms with Crippen LogP contribution in [0.4, 0.5) is 5.69 Å². The van der Waals surface area contributed by atoms with E-state index in [-0.39, 0.29) is 0 Å². The van der Waals surface area contributed by atoms with Crippen molar-refractivity contribution >= 4 is 11.5 Å². The van der Waals surface area contributed by atoms with Crippen LogP contribution < -0.4 is 4.90 Å². The molecule has 0 N–H and O–H groups in total. The minimum absolute atomic E-state index is 0.319. The Morgan fingerprint density at radius 1 is 1.28 bits per heavy atom. The maximum absolute atomic E-state index is 11.0. The van der Waals surface area contributed by atoms with E-state index < -0.39 is 0 Å². The normalized spacial score (nSPS) is 19.3. The van der Waals surface area contributed by atoms with Crippen molar-refractivity contribution < 1.29 is 4.79 Å². The number of hydrogen-bond donors (Lipinski definition) is 0. The maximum atomic E-state index is 11.0. The highest BCUT2D eigenvalue weighted by molar-refractivity contribution is 5.75. The molecular weight excluding hydrogens is 222 g/mol. The lowest BCUT2D eigenvalue weighted by molar-refractivity contribution is -0.117. The second-order valence-electron chi connectivity index (χ2n) is 5.69. The minimum atomic E-state index is 0.319. The van der Waals surface area contributed by atoms with Crippen LogP contribution in [0, 0.1) is 19.8 Å². The zero-order valence-electron chi connectivity index (χ0n) is 11.7. The van der Waals surface area contributed by atoms with E-state index in [1.165, 1.54) is 23.2 Å². The van der Waals surface area contributed by atoms with Gasteiger partial charge < -0.3 is 9.69 Å². The van der Waals surface area contributed by atoms with E-state index >= 15 is 0 Å². The van der Waals surface area contributed by atoms with Crippen LogP contribution in [-0.4, -0.2) is 18.9 Å². The summed E-state index contributed by atoms with van der Waals surface area (Å²) >= 11 is 0. The Morgan fingerprint density at radius 2 is 1.94 bits per heavy atom. The lowest BCUT2D eigenvalue weighted by Gasteiger charge is -2.20. The van der Waals surface area contributed by atoms with E-state index in [9.17, 15) is 4.79 Å². The predicted molar refractivity (Wildman–Crippen MR) is 76.2 cm³/mol. The van der Waals surface area contributed by atoms with Crippen LogP contribution in [0.15, 0.2) is 18.2 Å². The molecular formula is C16H23NO. The van der Waals surface area contributed by atoms with E-state index in [4.69, 9.17) is 0 Å². The molecule has 0 saturated carbocycles. The fourth-order valence-electron chi connectivity index (χ4n) is 2.84. The molecule has 0 amide bonds. The number of ketones is 1. The fraction of sp³-hybridized carbons (Fsp3) is 0.562. The summed E-state index contributed by atoms with van der Waals surface area (Å²) in [4.78, 5) is 13.5. The summed E-state index contributed by atoms with van der Waals surface area (Å²) in [5.41, 5.74) is 4.01. The van der Waals surface area contributed by atoms with Gasteiger partial charge in [0, 0.05) is 25.2 Å². The zero-order valence-corrected chi connectivity index (χ0v) is 11.7. The highest BCUT2D eigenvalue weighted by atomic mass is 16.1. The third-order valence-corrected chi connectivity index (χ3v) is 3.76. The van der Waals surface area contributed by atoms with Crippen LogP contribution in [0.25, 0.3) is 0 Å². The number of carbonyl (C=O) groups is 1. The molecule has 1 unspecified atom stereocenters. The highest BCUT2D eigenvalue weighted by Crippen LogP contribution is 2.27. The first kappa shape index (κ1) is 13.1. The number of aryl methyl sites for hydroxylation is 2. The predicted octanol–water partition coefficient (Wildman–Crippen LogP) is 3.50. The first-order chi connectivity index (χ1) is 8.54. The Bertz CT molecular complexity index is 418. The number of benzene rings is 1. The van der Waals surface area contributed by atoms with E-state index in [0.29, 0.717) is 11.7 Å². The van der Waals surface area contributed by atoms with Gasteiger partial charge in [-0.15, -0.1) is 0 Å². The SMILES string of the molecule is CC(=O)CCC1CCN(c2cc(C)cc(C)c2)C1. The van der Waals surface area contributed by atoms with Crippen molar-refractivity contribution in [3.8, 4) is 0 Å². The summed E-state index contributed by atoms with van der Waals surface area (Å²) in [6.07, 6.45) is 3.02. The van der Waals surface area contributed by atoms with Crippen molar-refractivity contribution in [1.29, 1.82) is 0 Å². The molecule has 1 aliphatic rings. The van der Waals surface area contributed by atoms with Gasteiger partial charge in [0.15, 0.2) is 0 Å². The van der Waals surface area contributed by atoms with Gasteiger partial charge >= 0.3 is 0 Å². The molecule has 18 heavy (non-hydrogen) atoms. The summed E-state index contributed by atoms with van der Waals surface area (Å²) in [6, 6.07) is 6.74. The van der Waals surface area contributed by atoms with Crippen LogP contribution in [0.2, 0.25) is 0 Å². The smallest absolute Gasteiger partial charge is 0.129 e. The van der Waals surface area contributed by atoms with E-state index in [1.807, 2.05) is 0 Å². The lowest BCUT2D eigenvalue weighted by atomic mass is 10.0. The van der Waals surface area contributed by atoms with Crippen LogP contribution >= 0.6 is 0 Å². The van der Waals surface area contributed by atoms with Gasteiger partial charge in [-0.25, -0.2) is 0 Å². The van der Waals surface area contributed by atoms with E-state index in [2.05, 4.69) is 36.9 Å². The van der Waals surface area contributed by atoms with Crippen molar-refractivity contribution in [1.82, 2.24) is 0 Å². The Labute approximate surface area is 110 Å². The molecule has 1 aromatic rings. The van der Waals surface area contributed by atoms with Gasteiger partial charge in [-0.05, 0) is 62.8 Å². The Balaban J connectivity index is 1.97. The molecule has 1 aromatic carbocycles. The average Bonchev–Trinajstić information content (AvgIpc) is 2.73. The van der Waals surface area contributed by atoms with Gasteiger partial charge in [0.2, 0.25) is 0 Å². The average molecular weight is 245 g/mol. The van der Waals surface area contributed by atoms with Crippen LogP contribution in [0.5, 0.6) is 0 Å². The molecule has 1 saturated heterocycles. The van der Waals surface area contributed by atoms with Gasteiger partial charge in [0.25, 0.3) is 0 Å². The molecule has 0 spiro atoms. The van der Waals surface area contributed by atoms with Crippen molar-refractivity contribution in [2.75, 3.05) is 18.0 Å². The van der Waals surface area contributed by atoms with Crippen molar-refractivity contribution in [3.05, 3.63) is 29.3 Å². The molecule has 1 atom stereocenters. The maximum Gasteiger partial charge on any atom is 0.129 e. The second-order valence-corrected chi connectivity index (χ2v) is 5.69. The largest absolute Gasteiger partial charge is 0.371 e. The summed E-state index contributed by atoms with van der Waals surface area (Å²) in [5.74, 6) is 1.01. The number of anilines is 1. The van der Waals surface area contributed by atoms with Gasteiger partial charge in [0.05, 0.1) is 0 Å². The Morgan fingerprint density at radius 3 is 2.56 bits per heavy atom. The molecule has 1 aliphatic heterocycles. The molecule has 0 radical (unpaired) electrons. The monoisotopic (exact) mass is 245 g/mol. The van der Waals surface area contributed by atoms with Crippen LogP contribution in [0.3, 0.4) is 0 Å². The number of carbonyl (C=O) groups excluding carboxylic acids is 1. The molecule has 2 nitrogen and oxygen atoms in total. The molecule has 0 aliphatic carbocycles. The standard InChI is InChI=1S/C16H23NO/c1-12-8-13(2)10-16(9-12)17-7-6-15(11-17)5-4-14(3)18/h8-10,15H,4-7,11H2,1-3H3. The third kappa shape index (κ3) is 3.34. The van der Waals surface area contributed by atoms with Crippen LogP contribution in [0.1, 0.15) is 37.3 Å². The minimum Gasteiger partial charge on any atom is -0.371 e. The quantitative estimate of drug-likeness (QED) is 0.809. The summed E-state index contributed by atoms with van der Waals surface area (Å²) in [7, 11) is 0. The molecule has 2 rings (SSSR count). The van der Waals surface area contributed by atoms with E-state index in [1.54, 1.807) is 6.92 Å². The first-order valence-corrected chi connectivity index (χ1v) is 6.87. The van der Waals surface area contributed by atoms with Gasteiger partial charge in [0.1, 0.15) is 5.78 Å². The highest BCUT2D eigenvalue weighted by Gasteiger charge is 2.22. The summed E-state index contributed by atoms with van der Waals surface area (Å²) in [5, 5.41) is 0. The van der Waals surface area contributed by atoms with Gasteiger partial charge in [-0.1, -0.05) is 6.07 Å². The van der Waals surface area contributed by atoms with Gasteiger partial charge in [-0.3, -0.25) is 0 Å². The number of rotatable bonds is 4. The number of Topliss-reactive ketones (excluding diaryl/α,β-unsaturated/α-hetero) is 1. The Kier molecular flexibility index (Phi) is 4.05. The molecule has 2 heteroatoms. The van der Waals surface area contributed by atoms with Crippen molar-refractivity contribution in [2.45, 2.75) is 40.0 Å². The van der Waals surface area contributed by atoms with Gasteiger partial charge in [-0.2, -0.15) is 0 Å².